The Labute approximate surface area is 719 Å². The van der Waals surface area contributed by atoms with Gasteiger partial charge in [-0.15, -0.1) is 0 Å². The summed E-state index contributed by atoms with van der Waals surface area (Å²) >= 11 is 0. The van der Waals surface area contributed by atoms with Gasteiger partial charge in [-0.05, 0) is 198 Å². The molecule has 0 aliphatic carbocycles. The van der Waals surface area contributed by atoms with Gasteiger partial charge in [-0.1, -0.05) is 291 Å². The molecule has 20 aromatic carbocycles. The third-order valence-corrected chi connectivity index (χ3v) is 25.5. The minimum absolute atomic E-state index is 0.938. The summed E-state index contributed by atoms with van der Waals surface area (Å²) in [5.74, 6) is 0. The molecule has 26 rings (SSSR count). The average molecular weight is 1590 g/mol. The van der Waals surface area contributed by atoms with E-state index in [1.165, 1.54) is 176 Å². The minimum atomic E-state index is 0.938. The van der Waals surface area contributed by atoms with Crippen molar-refractivity contribution in [2.45, 2.75) is 13.8 Å². The van der Waals surface area contributed by atoms with Gasteiger partial charge in [-0.3, -0.25) is 29.9 Å². The standard InChI is InChI=1S/2C40H25N3.C36H25N3/c1-2-16-34-31(13-1)36-25-29(19-20-35(36)40-39(34)41-21-22-42-40)27-10-7-9-26(23-27)28-11-8-12-30(24-28)43-37-17-5-3-14-32(37)33-15-4-6-18-38(33)43;1-2-12-28(30-14-5-8-18-36(30)43-37-19-9-6-15-31(37)32-16-7-10-20-38(32)43)27(11-1)26-21-22-34-35(25-26)29-13-3-4-17-33(29)39-40(34)42-24-23-41-39;1-22-20-34(39-32-13-7-5-10-26(32)27-11-6-8-14-33(27)39)23(2)19-30(22)24-15-16-29-31(21-24)25-9-3-4-12-28(25)35-36(29)38-18-17-37-35/h2*1-25H;3-21H,1-2H3. The van der Waals surface area contributed by atoms with Crippen LogP contribution in [0.4, 0.5) is 0 Å². The van der Waals surface area contributed by atoms with Crippen molar-refractivity contribution >= 4 is 163 Å². The number of hydrogen-bond donors (Lipinski definition) is 0. The van der Waals surface area contributed by atoms with Crippen molar-refractivity contribution in [2.75, 3.05) is 0 Å². The van der Waals surface area contributed by atoms with E-state index < -0.39 is 0 Å². The Morgan fingerprint density at radius 1 is 0.160 bits per heavy atom. The van der Waals surface area contributed by atoms with Crippen molar-refractivity contribution in [1.82, 2.24) is 43.6 Å². The van der Waals surface area contributed by atoms with Crippen LogP contribution in [-0.4, -0.2) is 43.6 Å². The van der Waals surface area contributed by atoms with Crippen molar-refractivity contribution in [2.24, 2.45) is 0 Å². The van der Waals surface area contributed by atoms with Crippen LogP contribution in [0.2, 0.25) is 0 Å². The molecule has 6 heterocycles. The second-order valence-electron chi connectivity index (χ2n) is 32.4. The number of rotatable bonds is 8. The Kier molecular flexibility index (Phi) is 17.2. The van der Waals surface area contributed by atoms with Crippen LogP contribution in [0.5, 0.6) is 0 Å². The van der Waals surface area contributed by atoms with Crippen molar-refractivity contribution in [1.29, 1.82) is 0 Å². The molecule has 0 amide bonds. The molecule has 0 spiro atoms. The third-order valence-electron chi connectivity index (χ3n) is 25.5. The van der Waals surface area contributed by atoms with Crippen molar-refractivity contribution < 1.29 is 0 Å². The van der Waals surface area contributed by atoms with E-state index in [4.69, 9.17) is 19.9 Å². The monoisotopic (exact) mass is 1590 g/mol. The molecule has 0 atom stereocenters. The van der Waals surface area contributed by atoms with E-state index >= 15 is 0 Å². The van der Waals surface area contributed by atoms with Gasteiger partial charge in [0.25, 0.3) is 0 Å². The fourth-order valence-corrected chi connectivity index (χ4v) is 19.9. The van der Waals surface area contributed by atoms with Gasteiger partial charge in [0.2, 0.25) is 0 Å². The zero-order valence-corrected chi connectivity index (χ0v) is 68.4. The predicted molar refractivity (Wildman–Crippen MR) is 523 cm³/mol. The third kappa shape index (κ3) is 11.9. The Morgan fingerprint density at radius 3 is 0.864 bits per heavy atom. The lowest BCUT2D eigenvalue weighted by atomic mass is 9.91. The molecular formula is C116H75N9. The summed E-state index contributed by atoms with van der Waals surface area (Å²) in [6.07, 6.45) is 10.7. The summed E-state index contributed by atoms with van der Waals surface area (Å²) in [6, 6.07) is 138. The highest BCUT2D eigenvalue weighted by Gasteiger charge is 2.23. The topological polar surface area (TPSA) is 92.1 Å². The molecule has 9 nitrogen and oxygen atoms in total. The van der Waals surface area contributed by atoms with Gasteiger partial charge in [0.05, 0.1) is 71.9 Å². The van der Waals surface area contributed by atoms with Gasteiger partial charge in [-0.25, -0.2) is 0 Å². The fraction of sp³-hybridized carbons (Fsp3) is 0.0172. The Balaban J connectivity index is 0.000000105. The average Bonchev–Trinajstić information content (AvgIpc) is 1.49. The lowest BCUT2D eigenvalue weighted by molar-refractivity contribution is 1.14. The number of fused-ring (bicyclic) bond motifs is 27. The molecule has 0 fully saturated rings. The van der Waals surface area contributed by atoms with E-state index in [0.29, 0.717) is 0 Å². The van der Waals surface area contributed by atoms with Gasteiger partial charge in [-0.2, -0.15) is 0 Å². The molecule has 0 bridgehead atoms. The highest BCUT2D eigenvalue weighted by atomic mass is 15.0. The van der Waals surface area contributed by atoms with Gasteiger partial charge in [0.15, 0.2) is 0 Å². The van der Waals surface area contributed by atoms with Gasteiger partial charge < -0.3 is 13.7 Å². The van der Waals surface area contributed by atoms with Gasteiger partial charge in [0, 0.05) is 119 Å². The first-order valence-electron chi connectivity index (χ1n) is 42.5. The van der Waals surface area contributed by atoms with Gasteiger partial charge >= 0.3 is 0 Å². The maximum Gasteiger partial charge on any atom is 0.0971 e. The molecule has 0 saturated carbocycles. The van der Waals surface area contributed by atoms with Gasteiger partial charge in [0.1, 0.15) is 0 Å². The SMILES string of the molecule is Cc1cc(-n2c3ccccc3c3ccccc32)c(C)cc1-c1ccc2c(c1)c1ccccc1c1nccnc21.c1cc(-c2cccc(-n3c4ccccc4c4ccccc43)c2)cc(-c2ccc3c(c2)c2ccccc2c2nccnc32)c1.c1ccc(-c2ccccc2-n2c3ccccc3c3ccccc32)c(-c2ccc3c(c2)c2ccccc2c2nccnc32)c1. The molecule has 0 aliphatic rings. The zero-order chi connectivity index (χ0) is 82.7. The van der Waals surface area contributed by atoms with E-state index in [1.54, 1.807) is 37.2 Å². The summed E-state index contributed by atoms with van der Waals surface area (Å²) in [7, 11) is 0. The molecule has 6 aromatic heterocycles. The van der Waals surface area contributed by atoms with E-state index in [-0.39, 0.29) is 0 Å². The molecule has 0 unspecified atom stereocenters. The minimum Gasteiger partial charge on any atom is -0.309 e. The van der Waals surface area contributed by atoms with Crippen molar-refractivity contribution in [3.05, 3.63) is 430 Å². The molecule has 0 saturated heterocycles. The number of aryl methyl sites for hydroxylation is 2. The second-order valence-corrected chi connectivity index (χ2v) is 32.4. The van der Waals surface area contributed by atoms with Crippen LogP contribution < -0.4 is 0 Å². The number of para-hydroxylation sites is 7. The first kappa shape index (κ1) is 72.4. The first-order chi connectivity index (χ1) is 61.9. The molecule has 9 heteroatoms. The highest BCUT2D eigenvalue weighted by molar-refractivity contribution is 6.27. The Morgan fingerprint density at radius 2 is 0.448 bits per heavy atom. The maximum absolute atomic E-state index is 4.75. The number of hydrogen-bond acceptors (Lipinski definition) is 6. The lowest BCUT2D eigenvalue weighted by Crippen LogP contribution is -1.99. The number of benzene rings is 20. The quantitative estimate of drug-likeness (QED) is 0.141. The molecule has 0 radical (unpaired) electrons. The largest absolute Gasteiger partial charge is 0.309 e. The summed E-state index contributed by atoms with van der Waals surface area (Å²) in [4.78, 5) is 28.3. The smallest absolute Gasteiger partial charge is 0.0971 e. The maximum atomic E-state index is 4.75. The van der Waals surface area contributed by atoms with Crippen molar-refractivity contribution in [3.63, 3.8) is 0 Å². The Bertz CT molecular complexity index is 8670. The van der Waals surface area contributed by atoms with Crippen LogP contribution in [0.3, 0.4) is 0 Å². The van der Waals surface area contributed by atoms with Crippen LogP contribution in [-0.2, 0) is 0 Å². The summed E-state index contributed by atoms with van der Waals surface area (Å²) in [5.41, 5.74) is 31.0. The number of nitrogens with zero attached hydrogens (tertiary/aromatic N) is 9. The lowest BCUT2D eigenvalue weighted by Gasteiger charge is -2.17. The molecule has 0 aliphatic heterocycles. The summed E-state index contributed by atoms with van der Waals surface area (Å²) in [6.45, 7) is 4.45. The van der Waals surface area contributed by atoms with E-state index in [0.717, 1.165) is 71.1 Å². The van der Waals surface area contributed by atoms with Crippen LogP contribution >= 0.6 is 0 Å². The highest BCUT2D eigenvalue weighted by Crippen LogP contribution is 2.46. The van der Waals surface area contributed by atoms with Crippen LogP contribution in [0.15, 0.2) is 419 Å². The molecule has 125 heavy (non-hydrogen) atoms. The summed E-state index contributed by atoms with van der Waals surface area (Å²) in [5, 5.41) is 21.6. The number of aromatic nitrogens is 9. The van der Waals surface area contributed by atoms with Crippen LogP contribution in [0.1, 0.15) is 11.1 Å². The van der Waals surface area contributed by atoms with E-state index in [1.807, 2.05) is 0 Å². The van der Waals surface area contributed by atoms with Crippen LogP contribution in [0, 0.1) is 13.8 Å². The molecule has 26 aromatic rings. The predicted octanol–water partition coefficient (Wildman–Crippen LogP) is 30.1. The molecule has 0 N–H and O–H groups in total. The summed E-state index contributed by atoms with van der Waals surface area (Å²) < 4.78 is 7.20. The van der Waals surface area contributed by atoms with Crippen molar-refractivity contribution in [3.8, 4) is 72.7 Å². The molecule has 584 valence electrons. The van der Waals surface area contributed by atoms with Crippen LogP contribution in [0.25, 0.3) is 236 Å². The zero-order valence-electron chi connectivity index (χ0n) is 68.4. The van der Waals surface area contributed by atoms with E-state index in [9.17, 15) is 0 Å². The normalized spacial score (nSPS) is 11.8. The first-order valence-corrected chi connectivity index (χ1v) is 42.5. The second kappa shape index (κ2) is 29.7. The van der Waals surface area contributed by atoms with E-state index in [2.05, 4.69) is 420 Å². The fourth-order valence-electron chi connectivity index (χ4n) is 19.9. The molecular weight excluding hydrogens is 1520 g/mol. The Hall–Kier alpha value is -16.6.